The number of hydrogen-bond acceptors (Lipinski definition) is 7. The molecule has 2 aliphatic rings. The Labute approximate surface area is 176 Å². The number of non-ortho nitro benzene ring substituents is 1. The minimum atomic E-state index is -0.737. The average Bonchev–Trinajstić information content (AvgIpc) is 2.77. The lowest BCUT2D eigenvalue weighted by molar-refractivity contribution is -0.384. The van der Waals surface area contributed by atoms with Gasteiger partial charge in [-0.05, 0) is 37.7 Å². The number of ether oxygens (including phenoxy) is 2. The van der Waals surface area contributed by atoms with Gasteiger partial charge in [0.1, 0.15) is 0 Å². The zero-order valence-corrected chi connectivity index (χ0v) is 17.5. The molecule has 0 bridgehead atoms. The minimum Gasteiger partial charge on any atom is -0.452 e. The van der Waals surface area contributed by atoms with E-state index in [-0.39, 0.29) is 29.8 Å². The first-order chi connectivity index (χ1) is 14.4. The predicted octanol–water partition coefficient (Wildman–Crippen LogP) is 2.63. The summed E-state index contributed by atoms with van der Waals surface area (Å²) in [5.74, 6) is -0.324. The van der Waals surface area contributed by atoms with E-state index in [9.17, 15) is 19.7 Å². The van der Waals surface area contributed by atoms with E-state index in [2.05, 4.69) is 6.92 Å². The van der Waals surface area contributed by atoms with Gasteiger partial charge in [-0.15, -0.1) is 0 Å². The van der Waals surface area contributed by atoms with Crippen LogP contribution < -0.4 is 4.90 Å². The molecule has 0 atom stereocenters. The molecular formula is C21H29N3O6. The van der Waals surface area contributed by atoms with E-state index >= 15 is 0 Å². The monoisotopic (exact) mass is 419 g/mol. The number of hydrogen-bond donors (Lipinski definition) is 0. The molecule has 1 aliphatic heterocycles. The second kappa shape index (κ2) is 9.88. The van der Waals surface area contributed by atoms with Crippen LogP contribution in [0.3, 0.4) is 0 Å². The second-order valence-corrected chi connectivity index (χ2v) is 8.05. The molecule has 9 heteroatoms. The summed E-state index contributed by atoms with van der Waals surface area (Å²) < 4.78 is 10.6. The van der Waals surface area contributed by atoms with Crippen LogP contribution in [0.4, 0.5) is 11.4 Å². The molecule has 164 valence electrons. The Morgan fingerprint density at radius 2 is 1.90 bits per heavy atom. The molecule has 0 radical (unpaired) electrons. The number of carbonyl (C=O) groups is 2. The van der Waals surface area contributed by atoms with Gasteiger partial charge < -0.3 is 19.3 Å². The number of nitrogens with zero attached hydrogens (tertiary/aromatic N) is 3. The van der Waals surface area contributed by atoms with Crippen molar-refractivity contribution in [1.82, 2.24) is 4.90 Å². The summed E-state index contributed by atoms with van der Waals surface area (Å²) in [6.07, 6.45) is 4.06. The fraction of sp³-hybridized carbons (Fsp3) is 0.619. The number of carbonyl (C=O) groups excluding carboxylic acids is 2. The maximum atomic E-state index is 12.8. The van der Waals surface area contributed by atoms with Crippen molar-refractivity contribution in [2.45, 2.75) is 38.6 Å². The van der Waals surface area contributed by atoms with Crippen molar-refractivity contribution >= 4 is 23.3 Å². The van der Waals surface area contributed by atoms with E-state index in [4.69, 9.17) is 9.47 Å². The SMILES string of the molecule is CC1CCC(N(C)C(=O)COC(=O)c2cc([N+](=O)[O-])ccc2N2CCOCC2)CC1. The van der Waals surface area contributed by atoms with Crippen LogP contribution in [-0.4, -0.2) is 67.7 Å². The van der Waals surface area contributed by atoms with Gasteiger partial charge in [0.2, 0.25) is 0 Å². The maximum absolute atomic E-state index is 12.8. The number of amides is 1. The molecule has 1 saturated heterocycles. The molecule has 1 saturated carbocycles. The van der Waals surface area contributed by atoms with Gasteiger partial charge in [-0.25, -0.2) is 4.79 Å². The molecule has 30 heavy (non-hydrogen) atoms. The largest absolute Gasteiger partial charge is 0.452 e. The lowest BCUT2D eigenvalue weighted by Gasteiger charge is -2.33. The van der Waals surface area contributed by atoms with Gasteiger partial charge in [0, 0.05) is 38.3 Å². The van der Waals surface area contributed by atoms with Gasteiger partial charge in [-0.2, -0.15) is 0 Å². The third-order valence-electron chi connectivity index (χ3n) is 6.02. The van der Waals surface area contributed by atoms with Crippen molar-refractivity contribution in [3.05, 3.63) is 33.9 Å². The number of anilines is 1. The molecule has 9 nitrogen and oxygen atoms in total. The van der Waals surface area contributed by atoms with Crippen LogP contribution in [0.5, 0.6) is 0 Å². The molecule has 0 N–H and O–H groups in total. The van der Waals surface area contributed by atoms with Gasteiger partial charge in [-0.3, -0.25) is 14.9 Å². The van der Waals surface area contributed by atoms with Crippen molar-refractivity contribution in [2.24, 2.45) is 5.92 Å². The van der Waals surface area contributed by atoms with E-state index in [0.717, 1.165) is 25.7 Å². The summed E-state index contributed by atoms with van der Waals surface area (Å²) in [4.78, 5) is 39.5. The second-order valence-electron chi connectivity index (χ2n) is 8.05. The number of benzene rings is 1. The van der Waals surface area contributed by atoms with Gasteiger partial charge >= 0.3 is 5.97 Å². The van der Waals surface area contributed by atoms with E-state index < -0.39 is 10.9 Å². The number of nitro groups is 1. The van der Waals surface area contributed by atoms with Crippen LogP contribution in [0.2, 0.25) is 0 Å². The Morgan fingerprint density at radius 3 is 2.53 bits per heavy atom. The molecule has 2 fully saturated rings. The Kier molecular flexibility index (Phi) is 7.25. The molecule has 0 spiro atoms. The highest BCUT2D eigenvalue weighted by Crippen LogP contribution is 2.28. The summed E-state index contributed by atoms with van der Waals surface area (Å²) in [6.45, 7) is 3.99. The van der Waals surface area contributed by atoms with Gasteiger partial charge in [0.05, 0.1) is 29.4 Å². The van der Waals surface area contributed by atoms with Crippen LogP contribution in [-0.2, 0) is 14.3 Å². The van der Waals surface area contributed by atoms with Crippen LogP contribution in [0.15, 0.2) is 18.2 Å². The quantitative estimate of drug-likeness (QED) is 0.397. The minimum absolute atomic E-state index is 0.0908. The van der Waals surface area contributed by atoms with Crippen molar-refractivity contribution in [3.8, 4) is 0 Å². The lowest BCUT2D eigenvalue weighted by atomic mass is 9.87. The lowest BCUT2D eigenvalue weighted by Crippen LogP contribution is -2.41. The number of nitro benzene ring substituents is 1. The fourth-order valence-corrected chi connectivity index (χ4v) is 4.02. The maximum Gasteiger partial charge on any atom is 0.341 e. The predicted molar refractivity (Wildman–Crippen MR) is 111 cm³/mol. The number of likely N-dealkylation sites (N-methyl/N-ethyl adjacent to an activating group) is 1. The number of morpholine rings is 1. The molecule has 1 amide bonds. The molecule has 0 aromatic heterocycles. The first-order valence-corrected chi connectivity index (χ1v) is 10.4. The Morgan fingerprint density at radius 1 is 1.23 bits per heavy atom. The number of esters is 1. The first-order valence-electron chi connectivity index (χ1n) is 10.4. The summed E-state index contributed by atoms with van der Waals surface area (Å²) in [5.41, 5.74) is 0.447. The summed E-state index contributed by atoms with van der Waals surface area (Å²) in [6, 6.07) is 4.29. The van der Waals surface area contributed by atoms with Crippen molar-refractivity contribution in [2.75, 3.05) is 44.9 Å². The highest BCUT2D eigenvalue weighted by molar-refractivity contribution is 5.97. The molecule has 1 aromatic carbocycles. The van der Waals surface area contributed by atoms with Gasteiger partial charge in [0.25, 0.3) is 11.6 Å². The van der Waals surface area contributed by atoms with Crippen LogP contribution >= 0.6 is 0 Å². The van der Waals surface area contributed by atoms with Gasteiger partial charge in [0.15, 0.2) is 6.61 Å². The summed E-state index contributed by atoms with van der Waals surface area (Å²) in [7, 11) is 1.74. The zero-order valence-electron chi connectivity index (χ0n) is 17.5. The summed E-state index contributed by atoms with van der Waals surface area (Å²) >= 11 is 0. The number of rotatable bonds is 6. The fourth-order valence-electron chi connectivity index (χ4n) is 4.02. The summed E-state index contributed by atoms with van der Waals surface area (Å²) in [5, 5.41) is 11.2. The molecule has 0 unspecified atom stereocenters. The Bertz CT molecular complexity index is 785. The highest BCUT2D eigenvalue weighted by atomic mass is 16.6. The third-order valence-corrected chi connectivity index (χ3v) is 6.02. The Hall–Kier alpha value is -2.68. The van der Waals surface area contributed by atoms with Crippen molar-refractivity contribution in [3.63, 3.8) is 0 Å². The molecule has 1 aliphatic carbocycles. The van der Waals surface area contributed by atoms with E-state index in [1.54, 1.807) is 18.0 Å². The molecule has 1 heterocycles. The zero-order chi connectivity index (χ0) is 21.7. The van der Waals surface area contributed by atoms with Crippen LogP contribution in [0.1, 0.15) is 43.0 Å². The van der Waals surface area contributed by atoms with Crippen molar-refractivity contribution in [1.29, 1.82) is 0 Å². The average molecular weight is 419 g/mol. The third kappa shape index (κ3) is 5.27. The Balaban J connectivity index is 1.68. The van der Waals surface area contributed by atoms with E-state index in [0.29, 0.717) is 37.9 Å². The van der Waals surface area contributed by atoms with Crippen LogP contribution in [0.25, 0.3) is 0 Å². The topological polar surface area (TPSA) is 102 Å². The smallest absolute Gasteiger partial charge is 0.341 e. The standard InChI is InChI=1S/C21H29N3O6/c1-15-3-5-16(6-4-15)22(2)20(25)14-30-21(26)18-13-17(24(27)28)7-8-19(18)23-9-11-29-12-10-23/h7-8,13,15-16H,3-6,9-12,14H2,1-2H3. The van der Waals surface area contributed by atoms with Crippen LogP contribution in [0, 0.1) is 16.0 Å². The normalized spacial score (nSPS) is 21.7. The first kappa shape index (κ1) is 22.0. The molecular weight excluding hydrogens is 390 g/mol. The van der Waals surface area contributed by atoms with E-state index in [1.807, 2.05) is 4.90 Å². The van der Waals surface area contributed by atoms with Crippen molar-refractivity contribution < 1.29 is 24.0 Å². The van der Waals surface area contributed by atoms with E-state index in [1.165, 1.54) is 12.1 Å². The molecule has 1 aromatic rings. The highest BCUT2D eigenvalue weighted by Gasteiger charge is 2.27. The van der Waals surface area contributed by atoms with Gasteiger partial charge in [-0.1, -0.05) is 6.92 Å². The molecule has 3 rings (SSSR count).